The fourth-order valence-corrected chi connectivity index (χ4v) is 1.91. The second-order valence-corrected chi connectivity index (χ2v) is 4.78. The molecule has 0 aliphatic carbocycles. The predicted molar refractivity (Wildman–Crippen MR) is 62.2 cm³/mol. The Bertz CT molecular complexity index is 228. The Morgan fingerprint density at radius 1 is 1.44 bits per heavy atom. The van der Waals surface area contributed by atoms with Gasteiger partial charge in [0.1, 0.15) is 6.61 Å². The molecule has 0 bridgehead atoms. The van der Waals surface area contributed by atoms with Crippen LogP contribution in [0.2, 0.25) is 0 Å². The van der Waals surface area contributed by atoms with E-state index in [0.717, 1.165) is 25.8 Å². The van der Waals surface area contributed by atoms with E-state index in [1.165, 1.54) is 0 Å². The summed E-state index contributed by atoms with van der Waals surface area (Å²) in [6, 6.07) is 0. The first-order chi connectivity index (χ1) is 7.55. The van der Waals surface area contributed by atoms with E-state index in [-0.39, 0.29) is 12.5 Å². The van der Waals surface area contributed by atoms with E-state index in [0.29, 0.717) is 19.6 Å². The van der Waals surface area contributed by atoms with E-state index in [4.69, 9.17) is 4.74 Å². The Balaban J connectivity index is 2.33. The molecule has 1 atom stereocenters. The number of aliphatic hydroxyl groups is 1. The third-order valence-corrected chi connectivity index (χ3v) is 2.99. The molecule has 1 aliphatic heterocycles. The molecule has 1 aliphatic rings. The highest BCUT2D eigenvalue weighted by atomic mass is 16.5. The summed E-state index contributed by atoms with van der Waals surface area (Å²) in [5.74, 6) is 0.0474. The average Bonchev–Trinajstić information content (AvgIpc) is 2.39. The fraction of sp³-hybridized carbons (Fsp3) is 0.917. The molecule has 1 saturated heterocycles. The lowest BCUT2D eigenvalue weighted by molar-refractivity contribution is -0.136. The average molecular weight is 229 g/mol. The largest absolute Gasteiger partial charge is 0.390 e. The maximum atomic E-state index is 11.8. The molecule has 4 heteroatoms. The van der Waals surface area contributed by atoms with Gasteiger partial charge in [-0.1, -0.05) is 6.92 Å². The van der Waals surface area contributed by atoms with Crippen molar-refractivity contribution in [3.05, 3.63) is 0 Å². The van der Waals surface area contributed by atoms with E-state index >= 15 is 0 Å². The third kappa shape index (κ3) is 4.49. The molecule has 94 valence electrons. The Kier molecular flexibility index (Phi) is 5.22. The van der Waals surface area contributed by atoms with Crippen LogP contribution in [0.25, 0.3) is 0 Å². The van der Waals surface area contributed by atoms with Gasteiger partial charge in [-0.05, 0) is 32.6 Å². The molecule has 1 amide bonds. The van der Waals surface area contributed by atoms with Crippen LogP contribution in [0.4, 0.5) is 0 Å². The van der Waals surface area contributed by atoms with Crippen molar-refractivity contribution in [1.29, 1.82) is 0 Å². The Morgan fingerprint density at radius 3 is 2.88 bits per heavy atom. The molecule has 1 heterocycles. The lowest BCUT2D eigenvalue weighted by atomic mass is 9.98. The quantitative estimate of drug-likeness (QED) is 0.736. The molecule has 0 aromatic rings. The molecule has 1 N–H and O–H groups in total. The molecule has 0 saturated carbocycles. The summed E-state index contributed by atoms with van der Waals surface area (Å²) in [6.45, 7) is 6.06. The first-order valence-corrected chi connectivity index (χ1v) is 6.13. The maximum Gasteiger partial charge on any atom is 0.248 e. The molecule has 16 heavy (non-hydrogen) atoms. The van der Waals surface area contributed by atoms with Crippen molar-refractivity contribution in [2.75, 3.05) is 26.3 Å². The minimum atomic E-state index is -0.612. The van der Waals surface area contributed by atoms with Gasteiger partial charge in [-0.15, -0.1) is 0 Å². The van der Waals surface area contributed by atoms with Gasteiger partial charge in [0.05, 0.1) is 5.60 Å². The van der Waals surface area contributed by atoms with E-state index < -0.39 is 5.60 Å². The van der Waals surface area contributed by atoms with E-state index in [2.05, 4.69) is 0 Å². The van der Waals surface area contributed by atoms with Crippen molar-refractivity contribution in [2.24, 2.45) is 0 Å². The normalized spacial score (nSPS) is 26.6. The van der Waals surface area contributed by atoms with Crippen LogP contribution in [0, 0.1) is 0 Å². The smallest absolute Gasteiger partial charge is 0.248 e. The van der Waals surface area contributed by atoms with Crippen LogP contribution in [0.15, 0.2) is 0 Å². The number of carbonyl (C=O) groups is 1. The second kappa shape index (κ2) is 6.21. The van der Waals surface area contributed by atoms with Crippen LogP contribution >= 0.6 is 0 Å². The van der Waals surface area contributed by atoms with Crippen LogP contribution in [0.3, 0.4) is 0 Å². The summed E-state index contributed by atoms with van der Waals surface area (Å²) >= 11 is 0. The fourth-order valence-electron chi connectivity index (χ4n) is 1.91. The highest BCUT2D eigenvalue weighted by molar-refractivity contribution is 5.77. The number of rotatable bonds is 4. The van der Waals surface area contributed by atoms with E-state index in [1.54, 1.807) is 4.90 Å². The SMILES string of the molecule is CCCOCC(=O)N1CCCC(C)(O)CC1. The van der Waals surface area contributed by atoms with Gasteiger partial charge in [-0.2, -0.15) is 0 Å². The number of ether oxygens (including phenoxy) is 1. The zero-order chi connectivity index (χ0) is 12.0. The highest BCUT2D eigenvalue weighted by Crippen LogP contribution is 2.21. The maximum absolute atomic E-state index is 11.8. The van der Waals surface area contributed by atoms with Crippen LogP contribution in [-0.2, 0) is 9.53 Å². The summed E-state index contributed by atoms with van der Waals surface area (Å²) in [5.41, 5.74) is -0.612. The summed E-state index contributed by atoms with van der Waals surface area (Å²) in [6.07, 6.45) is 3.23. The molecule has 1 unspecified atom stereocenters. The van der Waals surface area contributed by atoms with E-state index in [9.17, 15) is 9.90 Å². The number of hydrogen-bond donors (Lipinski definition) is 1. The molecule has 1 rings (SSSR count). The topological polar surface area (TPSA) is 49.8 Å². The highest BCUT2D eigenvalue weighted by Gasteiger charge is 2.26. The standard InChI is InChI=1S/C12H23NO3/c1-3-9-16-10-11(14)13-7-4-5-12(2,15)6-8-13/h15H,3-10H2,1-2H3. The molecule has 1 fully saturated rings. The lowest BCUT2D eigenvalue weighted by Gasteiger charge is -2.22. The number of carbonyl (C=O) groups excluding carboxylic acids is 1. The minimum Gasteiger partial charge on any atom is -0.390 e. The molecule has 0 spiro atoms. The molecular formula is C12H23NO3. The van der Waals surface area contributed by atoms with Crippen molar-refractivity contribution < 1.29 is 14.6 Å². The van der Waals surface area contributed by atoms with Crippen LogP contribution in [-0.4, -0.2) is 47.8 Å². The third-order valence-electron chi connectivity index (χ3n) is 2.99. The first kappa shape index (κ1) is 13.5. The molecule has 0 aromatic heterocycles. The number of nitrogens with zero attached hydrogens (tertiary/aromatic N) is 1. The number of amides is 1. The summed E-state index contributed by atoms with van der Waals surface area (Å²) in [4.78, 5) is 13.6. The second-order valence-electron chi connectivity index (χ2n) is 4.78. The first-order valence-electron chi connectivity index (χ1n) is 6.13. The minimum absolute atomic E-state index is 0.0474. The van der Waals surface area contributed by atoms with Crippen LogP contribution < -0.4 is 0 Å². The van der Waals surface area contributed by atoms with Gasteiger partial charge < -0.3 is 14.7 Å². The summed E-state index contributed by atoms with van der Waals surface area (Å²) < 4.78 is 5.24. The van der Waals surface area contributed by atoms with Gasteiger partial charge in [-0.3, -0.25) is 4.79 Å². The van der Waals surface area contributed by atoms with Crippen LogP contribution in [0.5, 0.6) is 0 Å². The predicted octanol–water partition coefficient (Wildman–Crippen LogP) is 1.18. The van der Waals surface area contributed by atoms with Gasteiger partial charge in [-0.25, -0.2) is 0 Å². The molecule has 4 nitrogen and oxygen atoms in total. The van der Waals surface area contributed by atoms with Crippen molar-refractivity contribution in [3.8, 4) is 0 Å². The molecular weight excluding hydrogens is 206 g/mol. The molecule has 0 radical (unpaired) electrons. The van der Waals surface area contributed by atoms with Gasteiger partial charge in [0, 0.05) is 19.7 Å². The Labute approximate surface area is 97.6 Å². The molecule has 0 aromatic carbocycles. The van der Waals surface area contributed by atoms with Gasteiger partial charge >= 0.3 is 0 Å². The van der Waals surface area contributed by atoms with Gasteiger partial charge in [0.25, 0.3) is 0 Å². The zero-order valence-corrected chi connectivity index (χ0v) is 10.4. The van der Waals surface area contributed by atoms with Gasteiger partial charge in [0.15, 0.2) is 0 Å². The van der Waals surface area contributed by atoms with Crippen molar-refractivity contribution in [1.82, 2.24) is 4.90 Å². The Hall–Kier alpha value is -0.610. The van der Waals surface area contributed by atoms with Crippen LogP contribution in [0.1, 0.15) is 39.5 Å². The zero-order valence-electron chi connectivity index (χ0n) is 10.4. The summed E-state index contributed by atoms with van der Waals surface area (Å²) in [5, 5.41) is 9.90. The van der Waals surface area contributed by atoms with Gasteiger partial charge in [0.2, 0.25) is 5.91 Å². The Morgan fingerprint density at radius 2 is 2.19 bits per heavy atom. The van der Waals surface area contributed by atoms with Crippen molar-refractivity contribution >= 4 is 5.91 Å². The van der Waals surface area contributed by atoms with Crippen molar-refractivity contribution in [2.45, 2.75) is 45.1 Å². The lowest BCUT2D eigenvalue weighted by Crippen LogP contribution is -2.36. The van der Waals surface area contributed by atoms with E-state index in [1.807, 2.05) is 13.8 Å². The monoisotopic (exact) mass is 229 g/mol. The number of likely N-dealkylation sites (tertiary alicyclic amines) is 1. The number of hydrogen-bond acceptors (Lipinski definition) is 3. The van der Waals surface area contributed by atoms with Crippen molar-refractivity contribution in [3.63, 3.8) is 0 Å². The summed E-state index contributed by atoms with van der Waals surface area (Å²) in [7, 11) is 0.